The highest BCUT2D eigenvalue weighted by Crippen LogP contribution is 2.26. The van der Waals surface area contributed by atoms with E-state index in [0.29, 0.717) is 16.7 Å². The SMILES string of the molecule is COC(=O)Nc1cc(-c2cc(F)nc(F)c2)c(C)cn1. The number of aryl methyl sites for hydroxylation is 1. The lowest BCUT2D eigenvalue weighted by Crippen LogP contribution is -2.12. The van der Waals surface area contributed by atoms with Crippen LogP contribution in [0.25, 0.3) is 11.1 Å². The number of hydrogen-bond donors (Lipinski definition) is 1. The van der Waals surface area contributed by atoms with Gasteiger partial charge in [-0.3, -0.25) is 5.32 Å². The molecule has 104 valence electrons. The fourth-order valence-corrected chi connectivity index (χ4v) is 1.68. The van der Waals surface area contributed by atoms with Gasteiger partial charge in [0.1, 0.15) is 5.82 Å². The second kappa shape index (κ2) is 5.60. The van der Waals surface area contributed by atoms with E-state index >= 15 is 0 Å². The van der Waals surface area contributed by atoms with Crippen molar-refractivity contribution in [2.75, 3.05) is 12.4 Å². The highest BCUT2D eigenvalue weighted by molar-refractivity contribution is 5.84. The molecule has 0 atom stereocenters. The summed E-state index contributed by atoms with van der Waals surface area (Å²) in [7, 11) is 1.22. The molecule has 0 saturated heterocycles. The lowest BCUT2D eigenvalue weighted by atomic mass is 10.0. The molecule has 1 N–H and O–H groups in total. The Kier molecular flexibility index (Phi) is 3.88. The normalized spacial score (nSPS) is 10.2. The number of halogens is 2. The Morgan fingerprint density at radius 2 is 1.90 bits per heavy atom. The van der Waals surface area contributed by atoms with Crippen LogP contribution in [0.3, 0.4) is 0 Å². The summed E-state index contributed by atoms with van der Waals surface area (Å²) >= 11 is 0. The van der Waals surface area contributed by atoms with Gasteiger partial charge in [-0.05, 0) is 29.7 Å². The molecule has 0 aliphatic rings. The van der Waals surface area contributed by atoms with Crippen LogP contribution in [-0.2, 0) is 4.74 Å². The Morgan fingerprint density at radius 3 is 2.50 bits per heavy atom. The maximum absolute atomic E-state index is 13.2. The molecule has 5 nitrogen and oxygen atoms in total. The number of methoxy groups -OCH3 is 1. The van der Waals surface area contributed by atoms with Crippen LogP contribution < -0.4 is 5.32 Å². The van der Waals surface area contributed by atoms with Gasteiger partial charge in [-0.15, -0.1) is 0 Å². The Morgan fingerprint density at radius 1 is 1.25 bits per heavy atom. The van der Waals surface area contributed by atoms with Crippen LogP contribution in [0.15, 0.2) is 24.4 Å². The van der Waals surface area contributed by atoms with Crippen molar-refractivity contribution in [2.45, 2.75) is 6.92 Å². The molecule has 0 radical (unpaired) electrons. The molecule has 0 bridgehead atoms. The average molecular weight is 279 g/mol. The largest absolute Gasteiger partial charge is 0.453 e. The third-order valence-corrected chi connectivity index (χ3v) is 2.59. The maximum Gasteiger partial charge on any atom is 0.412 e. The van der Waals surface area contributed by atoms with Crippen molar-refractivity contribution >= 4 is 11.9 Å². The van der Waals surface area contributed by atoms with E-state index in [1.165, 1.54) is 19.4 Å². The molecule has 7 heteroatoms. The Hall–Kier alpha value is -2.57. The number of rotatable bonds is 2. The third kappa shape index (κ3) is 3.05. The van der Waals surface area contributed by atoms with E-state index in [9.17, 15) is 13.6 Å². The predicted molar refractivity (Wildman–Crippen MR) is 68.1 cm³/mol. The van der Waals surface area contributed by atoms with Crippen LogP contribution in [0.5, 0.6) is 0 Å². The smallest absolute Gasteiger partial charge is 0.412 e. The molecule has 0 fully saturated rings. The number of anilines is 1. The van der Waals surface area contributed by atoms with Gasteiger partial charge in [0.05, 0.1) is 7.11 Å². The number of amides is 1. The molecule has 0 aromatic carbocycles. The minimum Gasteiger partial charge on any atom is -0.453 e. The van der Waals surface area contributed by atoms with Crippen LogP contribution in [-0.4, -0.2) is 23.2 Å². The maximum atomic E-state index is 13.2. The van der Waals surface area contributed by atoms with E-state index < -0.39 is 18.0 Å². The number of ether oxygens (including phenoxy) is 1. The van der Waals surface area contributed by atoms with Crippen LogP contribution in [0.2, 0.25) is 0 Å². The first-order valence-corrected chi connectivity index (χ1v) is 5.64. The number of aromatic nitrogens is 2. The number of carbonyl (C=O) groups is 1. The summed E-state index contributed by atoms with van der Waals surface area (Å²) in [4.78, 5) is 18.1. The third-order valence-electron chi connectivity index (χ3n) is 2.59. The first-order chi connectivity index (χ1) is 9.49. The van der Waals surface area contributed by atoms with Crippen LogP contribution in [0.4, 0.5) is 19.4 Å². The number of carbonyl (C=O) groups excluding carboxylic acids is 1. The van der Waals surface area contributed by atoms with Gasteiger partial charge in [0.15, 0.2) is 0 Å². The number of nitrogens with zero attached hydrogens (tertiary/aromatic N) is 2. The minimum atomic E-state index is -0.918. The van der Waals surface area contributed by atoms with Gasteiger partial charge in [-0.1, -0.05) is 0 Å². The molecular weight excluding hydrogens is 268 g/mol. The van der Waals surface area contributed by atoms with E-state index in [4.69, 9.17) is 0 Å². The molecule has 0 unspecified atom stereocenters. The van der Waals surface area contributed by atoms with Gasteiger partial charge in [0.25, 0.3) is 0 Å². The predicted octanol–water partition coefficient (Wildman–Crippen LogP) is 2.91. The topological polar surface area (TPSA) is 64.1 Å². The Labute approximate surface area is 113 Å². The number of pyridine rings is 2. The van der Waals surface area contributed by atoms with Crippen molar-refractivity contribution in [2.24, 2.45) is 0 Å². The first-order valence-electron chi connectivity index (χ1n) is 5.64. The van der Waals surface area contributed by atoms with E-state index in [1.807, 2.05) is 0 Å². The molecule has 0 aliphatic heterocycles. The summed E-state index contributed by atoms with van der Waals surface area (Å²) in [6.07, 6.45) is 0.802. The lowest BCUT2D eigenvalue weighted by Gasteiger charge is -2.09. The summed E-state index contributed by atoms with van der Waals surface area (Å²) < 4.78 is 30.8. The zero-order valence-corrected chi connectivity index (χ0v) is 10.8. The van der Waals surface area contributed by atoms with E-state index in [1.54, 1.807) is 6.92 Å². The molecule has 1 amide bonds. The zero-order chi connectivity index (χ0) is 14.7. The molecular formula is C13H11F2N3O2. The minimum absolute atomic E-state index is 0.218. The molecule has 0 aliphatic carbocycles. The highest BCUT2D eigenvalue weighted by atomic mass is 19.1. The second-order valence-electron chi connectivity index (χ2n) is 4.00. The summed E-state index contributed by atoms with van der Waals surface area (Å²) in [5, 5.41) is 2.38. The van der Waals surface area contributed by atoms with Crippen LogP contribution in [0.1, 0.15) is 5.56 Å². The zero-order valence-electron chi connectivity index (χ0n) is 10.8. The summed E-state index contributed by atoms with van der Waals surface area (Å²) in [6, 6.07) is 3.71. The monoisotopic (exact) mass is 279 g/mol. The second-order valence-corrected chi connectivity index (χ2v) is 4.00. The fraction of sp³-hybridized carbons (Fsp3) is 0.154. The van der Waals surface area contributed by atoms with Crippen molar-refractivity contribution in [3.8, 4) is 11.1 Å². The van der Waals surface area contributed by atoms with E-state index in [0.717, 1.165) is 12.1 Å². The number of hydrogen-bond acceptors (Lipinski definition) is 4. The lowest BCUT2D eigenvalue weighted by molar-refractivity contribution is 0.187. The molecule has 2 aromatic rings. The van der Waals surface area contributed by atoms with Crippen molar-refractivity contribution in [1.82, 2.24) is 9.97 Å². The average Bonchev–Trinajstić information content (AvgIpc) is 2.39. The van der Waals surface area contributed by atoms with Crippen molar-refractivity contribution in [3.05, 3.63) is 41.9 Å². The summed E-state index contributed by atoms with van der Waals surface area (Å²) in [5.74, 6) is -1.62. The fourth-order valence-electron chi connectivity index (χ4n) is 1.68. The van der Waals surface area contributed by atoms with Gasteiger partial charge in [0.2, 0.25) is 11.9 Å². The summed E-state index contributed by atoms with van der Waals surface area (Å²) in [6.45, 7) is 1.74. The van der Waals surface area contributed by atoms with Gasteiger partial charge in [0, 0.05) is 18.3 Å². The van der Waals surface area contributed by atoms with Crippen molar-refractivity contribution in [3.63, 3.8) is 0 Å². The quantitative estimate of drug-likeness (QED) is 0.858. The standard InChI is InChI=1S/C13H11F2N3O2/c1-7-6-16-12(18-13(19)20-2)5-9(7)8-3-10(14)17-11(15)4-8/h3-6H,1-2H3,(H,16,18,19). The molecule has 0 saturated carbocycles. The molecule has 2 aromatic heterocycles. The van der Waals surface area contributed by atoms with Crippen molar-refractivity contribution < 1.29 is 18.3 Å². The first kappa shape index (κ1) is 13.9. The van der Waals surface area contributed by atoms with E-state index in [2.05, 4.69) is 20.0 Å². The molecule has 20 heavy (non-hydrogen) atoms. The van der Waals surface area contributed by atoms with Gasteiger partial charge in [-0.2, -0.15) is 13.8 Å². The van der Waals surface area contributed by atoms with Crippen LogP contribution >= 0.6 is 0 Å². The number of nitrogens with one attached hydrogen (secondary N) is 1. The molecule has 2 rings (SSSR count). The Bertz CT molecular complexity index is 642. The molecule has 2 heterocycles. The van der Waals surface area contributed by atoms with Crippen LogP contribution in [0, 0.1) is 18.8 Å². The van der Waals surface area contributed by atoms with Crippen molar-refractivity contribution in [1.29, 1.82) is 0 Å². The highest BCUT2D eigenvalue weighted by Gasteiger charge is 2.10. The molecule has 0 spiro atoms. The van der Waals surface area contributed by atoms with Gasteiger partial charge < -0.3 is 4.74 Å². The summed E-state index contributed by atoms with van der Waals surface area (Å²) in [5.41, 5.74) is 1.54. The van der Waals surface area contributed by atoms with Gasteiger partial charge >= 0.3 is 6.09 Å². The van der Waals surface area contributed by atoms with Gasteiger partial charge in [-0.25, -0.2) is 9.78 Å². The van der Waals surface area contributed by atoms with E-state index in [-0.39, 0.29) is 5.82 Å². The Balaban J connectivity index is 2.44.